The summed E-state index contributed by atoms with van der Waals surface area (Å²) in [5.74, 6) is -2.65. The van der Waals surface area contributed by atoms with E-state index in [9.17, 15) is 23.2 Å². The Morgan fingerprint density at radius 2 is 1.79 bits per heavy atom. The Hall–Kier alpha value is -3.73. The third-order valence-electron chi connectivity index (χ3n) is 5.44. The standard InChI is InChI=1S/C23H21F2N5O3S/c1-13-6-4-5-7-14(13)11-30-19-20(28(2)23(33)29(3)21(19)32)27-22(30)34-12-18(31)26-15-8-9-16(24)17(25)10-15/h4-10H,11-12H2,1-3H3,(H,26,31). The Bertz CT molecular complexity index is 1540. The predicted molar refractivity (Wildman–Crippen MR) is 126 cm³/mol. The van der Waals surface area contributed by atoms with E-state index in [0.29, 0.717) is 11.7 Å². The van der Waals surface area contributed by atoms with Gasteiger partial charge in [-0.15, -0.1) is 0 Å². The third kappa shape index (κ3) is 4.38. The second-order valence-electron chi connectivity index (χ2n) is 7.75. The molecule has 0 aliphatic heterocycles. The van der Waals surface area contributed by atoms with Gasteiger partial charge in [-0.25, -0.2) is 18.6 Å². The Balaban J connectivity index is 1.70. The Labute approximate surface area is 196 Å². The first-order chi connectivity index (χ1) is 16.2. The van der Waals surface area contributed by atoms with Gasteiger partial charge in [0.05, 0.1) is 12.3 Å². The number of amides is 1. The van der Waals surface area contributed by atoms with Crippen LogP contribution in [0.5, 0.6) is 0 Å². The first kappa shape index (κ1) is 23.4. The molecule has 1 N–H and O–H groups in total. The van der Waals surface area contributed by atoms with Crippen LogP contribution in [0.25, 0.3) is 11.2 Å². The number of hydrogen-bond donors (Lipinski definition) is 1. The van der Waals surface area contributed by atoms with Gasteiger partial charge < -0.3 is 9.88 Å². The van der Waals surface area contributed by atoms with Gasteiger partial charge in [-0.05, 0) is 30.2 Å². The molecule has 0 aliphatic carbocycles. The minimum absolute atomic E-state index is 0.107. The number of nitrogens with one attached hydrogen (secondary N) is 1. The molecule has 0 aliphatic rings. The number of anilines is 1. The van der Waals surface area contributed by atoms with E-state index >= 15 is 0 Å². The van der Waals surface area contributed by atoms with Crippen LogP contribution in [0.15, 0.2) is 57.2 Å². The van der Waals surface area contributed by atoms with Crippen molar-refractivity contribution in [2.24, 2.45) is 14.1 Å². The lowest BCUT2D eigenvalue weighted by Gasteiger charge is -2.11. The Morgan fingerprint density at radius 1 is 1.06 bits per heavy atom. The first-order valence-electron chi connectivity index (χ1n) is 10.3. The van der Waals surface area contributed by atoms with Gasteiger partial charge in [-0.2, -0.15) is 0 Å². The second-order valence-corrected chi connectivity index (χ2v) is 8.69. The minimum Gasteiger partial charge on any atom is -0.325 e. The summed E-state index contributed by atoms with van der Waals surface area (Å²) in [6, 6.07) is 10.8. The molecule has 34 heavy (non-hydrogen) atoms. The Kier molecular flexibility index (Phi) is 6.38. The van der Waals surface area contributed by atoms with Crippen molar-refractivity contribution < 1.29 is 13.6 Å². The van der Waals surface area contributed by atoms with Gasteiger partial charge in [0.2, 0.25) is 5.91 Å². The minimum atomic E-state index is -1.07. The fourth-order valence-corrected chi connectivity index (χ4v) is 4.34. The highest BCUT2D eigenvalue weighted by molar-refractivity contribution is 7.99. The summed E-state index contributed by atoms with van der Waals surface area (Å²) in [6.07, 6.45) is 0. The van der Waals surface area contributed by atoms with E-state index in [4.69, 9.17) is 0 Å². The first-order valence-corrected chi connectivity index (χ1v) is 11.2. The molecule has 4 rings (SSSR count). The molecule has 2 aromatic carbocycles. The number of hydrogen-bond acceptors (Lipinski definition) is 5. The van der Waals surface area contributed by atoms with E-state index in [-0.39, 0.29) is 22.6 Å². The fourth-order valence-electron chi connectivity index (χ4n) is 3.54. The third-order valence-corrected chi connectivity index (χ3v) is 6.41. The highest BCUT2D eigenvalue weighted by Gasteiger charge is 2.21. The molecule has 0 fully saturated rings. The molecule has 0 spiro atoms. The van der Waals surface area contributed by atoms with E-state index < -0.39 is 28.8 Å². The zero-order valence-corrected chi connectivity index (χ0v) is 19.4. The van der Waals surface area contributed by atoms with Crippen LogP contribution < -0.4 is 16.6 Å². The molecule has 1 amide bonds. The summed E-state index contributed by atoms with van der Waals surface area (Å²) in [5, 5.41) is 2.88. The molecule has 11 heteroatoms. The number of aryl methyl sites for hydroxylation is 2. The number of halogens is 2. The summed E-state index contributed by atoms with van der Waals surface area (Å²) in [4.78, 5) is 42.3. The largest absolute Gasteiger partial charge is 0.332 e. The van der Waals surface area contributed by atoms with E-state index in [1.54, 1.807) is 4.57 Å². The summed E-state index contributed by atoms with van der Waals surface area (Å²) in [6.45, 7) is 2.26. The van der Waals surface area contributed by atoms with Crippen molar-refractivity contribution in [3.05, 3.63) is 86.1 Å². The summed E-state index contributed by atoms with van der Waals surface area (Å²) < 4.78 is 30.5. The van der Waals surface area contributed by atoms with Gasteiger partial charge in [0.25, 0.3) is 5.56 Å². The van der Waals surface area contributed by atoms with E-state index in [1.165, 1.54) is 24.7 Å². The predicted octanol–water partition coefficient (Wildman–Crippen LogP) is 2.80. The molecule has 0 atom stereocenters. The van der Waals surface area contributed by atoms with Gasteiger partial charge in [0.1, 0.15) is 0 Å². The average molecular weight is 486 g/mol. The number of carbonyl (C=O) groups excluding carboxylic acids is 1. The van der Waals surface area contributed by atoms with Gasteiger partial charge in [0, 0.05) is 25.8 Å². The van der Waals surface area contributed by atoms with E-state index in [0.717, 1.165) is 39.6 Å². The van der Waals surface area contributed by atoms with Crippen molar-refractivity contribution in [1.82, 2.24) is 18.7 Å². The van der Waals surface area contributed by atoms with E-state index in [2.05, 4.69) is 10.3 Å². The highest BCUT2D eigenvalue weighted by Crippen LogP contribution is 2.24. The zero-order valence-electron chi connectivity index (χ0n) is 18.6. The maximum atomic E-state index is 13.4. The number of nitrogens with zero attached hydrogens (tertiary/aromatic N) is 4. The second kappa shape index (κ2) is 9.26. The van der Waals surface area contributed by atoms with Gasteiger partial charge >= 0.3 is 5.69 Å². The molecular formula is C23H21F2N5O3S. The summed E-state index contributed by atoms with van der Waals surface area (Å²) in [7, 11) is 2.93. The fraction of sp³-hybridized carbons (Fsp3) is 0.217. The molecule has 2 aromatic heterocycles. The topological polar surface area (TPSA) is 90.9 Å². The zero-order chi connectivity index (χ0) is 24.6. The molecule has 0 bridgehead atoms. The van der Waals surface area contributed by atoms with Gasteiger partial charge in [0.15, 0.2) is 28.0 Å². The maximum absolute atomic E-state index is 13.4. The monoisotopic (exact) mass is 485 g/mol. The van der Waals surface area contributed by atoms with Crippen LogP contribution in [0.3, 0.4) is 0 Å². The van der Waals surface area contributed by atoms with Crippen molar-refractivity contribution in [2.45, 2.75) is 18.6 Å². The number of carbonyl (C=O) groups is 1. The summed E-state index contributed by atoms with van der Waals surface area (Å²) >= 11 is 1.07. The van der Waals surface area contributed by atoms with Crippen molar-refractivity contribution in [2.75, 3.05) is 11.1 Å². The van der Waals surface area contributed by atoms with Crippen molar-refractivity contribution in [3.8, 4) is 0 Å². The number of rotatable bonds is 6. The molecule has 0 saturated carbocycles. The molecule has 0 saturated heterocycles. The van der Waals surface area contributed by atoms with Crippen molar-refractivity contribution in [1.29, 1.82) is 0 Å². The van der Waals surface area contributed by atoms with Crippen LogP contribution in [-0.2, 0) is 25.4 Å². The lowest BCUT2D eigenvalue weighted by Crippen LogP contribution is -2.37. The number of fused-ring (bicyclic) bond motifs is 1. The number of aromatic nitrogens is 4. The maximum Gasteiger partial charge on any atom is 0.332 e. The molecule has 8 nitrogen and oxygen atoms in total. The smallest absolute Gasteiger partial charge is 0.325 e. The highest BCUT2D eigenvalue weighted by atomic mass is 32.2. The molecule has 0 radical (unpaired) electrons. The summed E-state index contributed by atoms with van der Waals surface area (Å²) in [5.41, 5.74) is 1.54. The van der Waals surface area contributed by atoms with Crippen LogP contribution in [0.1, 0.15) is 11.1 Å². The molecule has 2 heterocycles. The van der Waals surface area contributed by atoms with Crippen LogP contribution in [0, 0.1) is 18.6 Å². The Morgan fingerprint density at radius 3 is 2.50 bits per heavy atom. The van der Waals surface area contributed by atoms with Crippen LogP contribution in [-0.4, -0.2) is 30.3 Å². The van der Waals surface area contributed by atoms with Gasteiger partial charge in [-0.1, -0.05) is 36.0 Å². The quantitative estimate of drug-likeness (QED) is 0.424. The number of benzene rings is 2. The molecular weight excluding hydrogens is 464 g/mol. The van der Waals surface area contributed by atoms with Crippen molar-refractivity contribution in [3.63, 3.8) is 0 Å². The van der Waals surface area contributed by atoms with Crippen LogP contribution >= 0.6 is 11.8 Å². The normalized spacial score (nSPS) is 11.2. The number of imidazole rings is 1. The average Bonchev–Trinajstić information content (AvgIpc) is 3.17. The molecule has 176 valence electrons. The van der Waals surface area contributed by atoms with Crippen LogP contribution in [0.2, 0.25) is 0 Å². The van der Waals surface area contributed by atoms with Crippen LogP contribution in [0.4, 0.5) is 14.5 Å². The molecule has 0 unspecified atom stereocenters. The lowest BCUT2D eigenvalue weighted by atomic mass is 10.1. The SMILES string of the molecule is Cc1ccccc1Cn1c(SCC(=O)Nc2ccc(F)c(F)c2)nc2c1c(=O)n(C)c(=O)n2C. The van der Waals surface area contributed by atoms with Gasteiger partial charge in [-0.3, -0.25) is 18.7 Å². The van der Waals surface area contributed by atoms with E-state index in [1.807, 2.05) is 31.2 Å². The lowest BCUT2D eigenvalue weighted by molar-refractivity contribution is -0.113. The molecule has 4 aromatic rings. The van der Waals surface area contributed by atoms with Crippen molar-refractivity contribution >= 4 is 34.5 Å². The number of thioether (sulfide) groups is 1.